The van der Waals surface area contributed by atoms with E-state index in [1.165, 1.54) is 13.5 Å². The van der Waals surface area contributed by atoms with Gasteiger partial charge in [0.25, 0.3) is 5.91 Å². The smallest absolute Gasteiger partial charge is 0.257 e. The number of fused-ring (bicyclic) bond motifs is 3. The zero-order chi connectivity index (χ0) is 20.9. The minimum Gasteiger partial charge on any atom is -0.507 e. The van der Waals surface area contributed by atoms with Gasteiger partial charge in [-0.05, 0) is 48.3 Å². The molecule has 1 heterocycles. The molecule has 154 valence electrons. The van der Waals surface area contributed by atoms with E-state index in [-0.39, 0.29) is 11.3 Å². The molecule has 1 amide bonds. The standard InChI is InChI=1S/C25H25NO4/c1-30-23-24(28)26-20-12-11-16(9-10-18-14-15-7-8-17(18)13-15)22(27)21(20)25(23,29)19-5-3-2-4-6-19/h2-12,15,17-18,23,27,29H,13-14H2,1H3,(H,26,28). The first-order valence-electron chi connectivity index (χ1n) is 10.4. The number of ether oxygens (including phenoxy) is 1. The van der Waals surface area contributed by atoms with Crippen molar-refractivity contribution in [2.24, 2.45) is 17.8 Å². The highest BCUT2D eigenvalue weighted by Crippen LogP contribution is 2.48. The lowest BCUT2D eigenvalue weighted by molar-refractivity contribution is -0.142. The summed E-state index contributed by atoms with van der Waals surface area (Å²) in [5.74, 6) is 1.21. The zero-order valence-corrected chi connectivity index (χ0v) is 16.8. The van der Waals surface area contributed by atoms with Gasteiger partial charge in [0, 0.05) is 12.7 Å². The number of methoxy groups -OCH3 is 1. The molecule has 0 saturated heterocycles. The van der Waals surface area contributed by atoms with Gasteiger partial charge in [-0.25, -0.2) is 0 Å². The maximum Gasteiger partial charge on any atom is 0.257 e. The quantitative estimate of drug-likeness (QED) is 0.678. The van der Waals surface area contributed by atoms with Crippen molar-refractivity contribution in [2.45, 2.75) is 24.5 Å². The number of allylic oxidation sites excluding steroid dienone is 3. The van der Waals surface area contributed by atoms with E-state index < -0.39 is 17.6 Å². The van der Waals surface area contributed by atoms with Crippen LogP contribution >= 0.6 is 0 Å². The summed E-state index contributed by atoms with van der Waals surface area (Å²) in [4.78, 5) is 12.6. The molecular weight excluding hydrogens is 378 g/mol. The van der Waals surface area contributed by atoms with Gasteiger partial charge < -0.3 is 20.3 Å². The average molecular weight is 403 g/mol. The Morgan fingerprint density at radius 2 is 1.93 bits per heavy atom. The minimum absolute atomic E-state index is 0.0455. The fraction of sp³-hybridized carbons (Fsp3) is 0.320. The van der Waals surface area contributed by atoms with Crippen molar-refractivity contribution in [3.8, 4) is 5.75 Å². The van der Waals surface area contributed by atoms with E-state index in [0.29, 0.717) is 34.6 Å². The molecule has 5 heteroatoms. The lowest BCUT2D eigenvalue weighted by Gasteiger charge is -2.40. The summed E-state index contributed by atoms with van der Waals surface area (Å²) in [7, 11) is 1.38. The van der Waals surface area contributed by atoms with Crippen LogP contribution in [-0.2, 0) is 15.1 Å². The third-order valence-electron chi connectivity index (χ3n) is 6.77. The zero-order valence-electron chi connectivity index (χ0n) is 16.8. The highest BCUT2D eigenvalue weighted by atomic mass is 16.5. The second-order valence-corrected chi connectivity index (χ2v) is 8.47. The van der Waals surface area contributed by atoms with Gasteiger partial charge in [-0.3, -0.25) is 4.79 Å². The molecule has 2 bridgehead atoms. The Kier molecular flexibility index (Phi) is 4.53. The maximum absolute atomic E-state index is 12.6. The van der Waals surface area contributed by atoms with Crippen molar-refractivity contribution < 1.29 is 19.7 Å². The van der Waals surface area contributed by atoms with Crippen molar-refractivity contribution in [3.05, 3.63) is 77.4 Å². The van der Waals surface area contributed by atoms with Gasteiger partial charge in [0.05, 0.1) is 11.3 Å². The van der Waals surface area contributed by atoms with Gasteiger partial charge in [-0.2, -0.15) is 0 Å². The van der Waals surface area contributed by atoms with E-state index in [1.54, 1.807) is 36.4 Å². The number of phenolic OH excluding ortho intramolecular Hbond substituents is 1. The molecule has 5 rings (SSSR count). The van der Waals surface area contributed by atoms with Gasteiger partial charge in [0.15, 0.2) is 11.7 Å². The van der Waals surface area contributed by atoms with E-state index in [9.17, 15) is 15.0 Å². The third kappa shape index (κ3) is 2.81. The molecule has 30 heavy (non-hydrogen) atoms. The Balaban J connectivity index is 1.60. The number of benzene rings is 2. The number of carbonyl (C=O) groups is 1. The fourth-order valence-electron chi connectivity index (χ4n) is 5.29. The molecule has 1 fully saturated rings. The number of hydrogen-bond acceptors (Lipinski definition) is 4. The van der Waals surface area contributed by atoms with Crippen molar-refractivity contribution in [1.29, 1.82) is 0 Å². The Bertz CT molecular complexity index is 1040. The van der Waals surface area contributed by atoms with Crippen molar-refractivity contribution in [1.82, 2.24) is 0 Å². The Hall–Kier alpha value is -2.89. The third-order valence-corrected chi connectivity index (χ3v) is 6.77. The summed E-state index contributed by atoms with van der Waals surface area (Å²) in [5.41, 5.74) is -0.0627. The van der Waals surface area contributed by atoms with E-state index in [0.717, 1.165) is 6.42 Å². The number of rotatable bonds is 4. The molecule has 3 aliphatic rings. The summed E-state index contributed by atoms with van der Waals surface area (Å²) >= 11 is 0. The van der Waals surface area contributed by atoms with Crippen LogP contribution in [0.5, 0.6) is 5.75 Å². The van der Waals surface area contributed by atoms with Crippen LogP contribution in [0.1, 0.15) is 29.5 Å². The first-order chi connectivity index (χ1) is 14.5. The van der Waals surface area contributed by atoms with Crippen LogP contribution in [0.3, 0.4) is 0 Å². The second kappa shape index (κ2) is 7.11. The number of aliphatic hydroxyl groups is 1. The normalized spacial score (nSPS) is 31.9. The largest absolute Gasteiger partial charge is 0.507 e. The topological polar surface area (TPSA) is 78.8 Å². The Morgan fingerprint density at radius 3 is 2.60 bits per heavy atom. The van der Waals surface area contributed by atoms with Gasteiger partial charge in [0.2, 0.25) is 0 Å². The van der Waals surface area contributed by atoms with E-state index >= 15 is 0 Å². The van der Waals surface area contributed by atoms with E-state index in [4.69, 9.17) is 4.74 Å². The SMILES string of the molecule is COC1C(=O)Nc2ccc(C=CC3CC4C=CC3C4)c(O)c2C1(O)c1ccccc1. The number of amides is 1. The van der Waals surface area contributed by atoms with Crippen LogP contribution in [0.15, 0.2) is 60.7 Å². The number of anilines is 1. The average Bonchev–Trinajstić information content (AvgIpc) is 3.37. The minimum atomic E-state index is -1.81. The predicted molar refractivity (Wildman–Crippen MR) is 115 cm³/mol. The molecule has 0 aromatic heterocycles. The molecule has 5 nitrogen and oxygen atoms in total. The summed E-state index contributed by atoms with van der Waals surface area (Å²) in [6.07, 6.45) is 9.85. The van der Waals surface area contributed by atoms with Crippen LogP contribution < -0.4 is 5.32 Å². The lowest BCUT2D eigenvalue weighted by atomic mass is 9.76. The Labute approximate surface area is 175 Å². The van der Waals surface area contributed by atoms with Crippen LogP contribution in [0.2, 0.25) is 0 Å². The molecule has 2 aromatic rings. The maximum atomic E-state index is 12.6. The highest BCUT2D eigenvalue weighted by Gasteiger charge is 2.51. The van der Waals surface area contributed by atoms with Crippen LogP contribution in [-0.4, -0.2) is 29.3 Å². The van der Waals surface area contributed by atoms with Gasteiger partial charge in [0.1, 0.15) is 5.75 Å². The first kappa shape index (κ1) is 19.1. The molecule has 2 aliphatic carbocycles. The monoisotopic (exact) mass is 403 g/mol. The number of carbonyl (C=O) groups excluding carboxylic acids is 1. The number of hydrogen-bond donors (Lipinski definition) is 3. The van der Waals surface area contributed by atoms with Crippen molar-refractivity contribution in [2.75, 3.05) is 12.4 Å². The van der Waals surface area contributed by atoms with Gasteiger partial charge in [-0.1, -0.05) is 54.6 Å². The first-order valence-corrected chi connectivity index (χ1v) is 10.4. The lowest BCUT2D eigenvalue weighted by Crippen LogP contribution is -2.52. The number of nitrogens with one attached hydrogen (secondary N) is 1. The molecular formula is C25H25NO4. The van der Waals surface area contributed by atoms with Crippen LogP contribution in [0.4, 0.5) is 5.69 Å². The van der Waals surface area contributed by atoms with E-state index in [2.05, 4.69) is 23.5 Å². The van der Waals surface area contributed by atoms with Gasteiger partial charge in [-0.15, -0.1) is 0 Å². The van der Waals surface area contributed by atoms with Crippen LogP contribution in [0.25, 0.3) is 6.08 Å². The summed E-state index contributed by atoms with van der Waals surface area (Å²) in [5, 5.41) is 25.8. The summed E-state index contributed by atoms with van der Waals surface area (Å²) in [6.45, 7) is 0. The molecule has 0 spiro atoms. The summed E-state index contributed by atoms with van der Waals surface area (Å²) in [6, 6.07) is 12.4. The fourth-order valence-corrected chi connectivity index (χ4v) is 5.29. The second-order valence-electron chi connectivity index (χ2n) is 8.47. The van der Waals surface area contributed by atoms with E-state index in [1.807, 2.05) is 12.1 Å². The predicted octanol–water partition coefficient (Wildman–Crippen LogP) is 3.82. The molecule has 5 atom stereocenters. The molecule has 0 radical (unpaired) electrons. The number of aromatic hydroxyl groups is 1. The van der Waals surface area contributed by atoms with Crippen molar-refractivity contribution in [3.63, 3.8) is 0 Å². The molecule has 2 aromatic carbocycles. The number of phenols is 1. The summed E-state index contributed by atoms with van der Waals surface area (Å²) < 4.78 is 5.40. The Morgan fingerprint density at radius 1 is 1.13 bits per heavy atom. The van der Waals surface area contributed by atoms with Crippen LogP contribution in [0, 0.1) is 17.8 Å². The molecule has 1 saturated carbocycles. The highest BCUT2D eigenvalue weighted by molar-refractivity contribution is 6.00. The van der Waals surface area contributed by atoms with Gasteiger partial charge >= 0.3 is 0 Å². The van der Waals surface area contributed by atoms with Crippen molar-refractivity contribution >= 4 is 17.7 Å². The molecule has 5 unspecified atom stereocenters. The molecule has 1 aliphatic heterocycles. The molecule has 3 N–H and O–H groups in total.